The molecule has 7 nitrogen and oxygen atoms in total. The van der Waals surface area contributed by atoms with Crippen molar-refractivity contribution in [3.8, 4) is 5.75 Å². The van der Waals surface area contributed by atoms with E-state index in [0.29, 0.717) is 10.2 Å². The Morgan fingerprint density at radius 1 is 1.33 bits per heavy atom. The monoisotopic (exact) mass is 422 g/mol. The van der Waals surface area contributed by atoms with Gasteiger partial charge in [0.05, 0.1) is 10.9 Å². The molecule has 0 aliphatic carbocycles. The van der Waals surface area contributed by atoms with E-state index in [-0.39, 0.29) is 6.61 Å². The van der Waals surface area contributed by atoms with Crippen LogP contribution < -0.4 is 15.8 Å². The lowest BCUT2D eigenvalue weighted by molar-refractivity contribution is -0.143. The highest BCUT2D eigenvalue weighted by Crippen LogP contribution is 2.28. The topological polar surface area (TPSA) is 119 Å². The number of carboxylic acids is 1. The van der Waals surface area contributed by atoms with Gasteiger partial charge in [0.2, 0.25) is 5.91 Å². The molecule has 0 saturated heterocycles. The Kier molecular flexibility index (Phi) is 6.63. The fourth-order valence-electron chi connectivity index (χ4n) is 1.37. The molecule has 4 N–H and O–H groups in total. The summed E-state index contributed by atoms with van der Waals surface area (Å²) >= 11 is 6.54. The number of carbonyl (C=O) groups is 3. The minimum absolute atomic E-state index is 0.386. The molecule has 0 bridgehead atoms. The minimum atomic E-state index is -1.37. The van der Waals surface area contributed by atoms with E-state index in [1.807, 2.05) is 0 Å². The predicted octanol–water partition coefficient (Wildman–Crippen LogP) is 1.04. The highest BCUT2D eigenvalue weighted by atomic mass is 79.9. The fourth-order valence-corrected chi connectivity index (χ4v) is 2.53. The molecule has 0 radical (unpaired) electrons. The number of aliphatic carboxylic acids is 1. The van der Waals surface area contributed by atoms with E-state index >= 15 is 0 Å². The van der Waals surface area contributed by atoms with Gasteiger partial charge in [0, 0.05) is 4.47 Å². The van der Waals surface area contributed by atoms with Crippen LogP contribution in [0.1, 0.15) is 6.42 Å². The highest BCUT2D eigenvalue weighted by Gasteiger charge is 2.22. The van der Waals surface area contributed by atoms with E-state index in [0.717, 1.165) is 4.47 Å². The molecule has 0 aromatic heterocycles. The van der Waals surface area contributed by atoms with Gasteiger partial charge in [-0.25, -0.2) is 4.79 Å². The van der Waals surface area contributed by atoms with E-state index < -0.39 is 30.2 Å². The zero-order valence-corrected chi connectivity index (χ0v) is 13.8. The average Bonchev–Trinajstić information content (AvgIpc) is 2.36. The van der Waals surface area contributed by atoms with Gasteiger partial charge in [-0.2, -0.15) is 0 Å². The van der Waals surface area contributed by atoms with Gasteiger partial charge in [-0.05, 0) is 34.1 Å². The molecule has 0 aliphatic rings. The first-order valence-corrected chi connectivity index (χ1v) is 7.26. The predicted molar refractivity (Wildman–Crippen MR) is 80.7 cm³/mol. The number of carboxylic acid groups (broad SMARTS) is 1. The van der Waals surface area contributed by atoms with E-state index in [2.05, 4.69) is 37.2 Å². The number of hydrogen-bond donors (Lipinski definition) is 3. The van der Waals surface area contributed by atoms with Crippen LogP contribution in [0, 0.1) is 0 Å². The van der Waals surface area contributed by atoms with Crippen molar-refractivity contribution >= 4 is 49.6 Å². The summed E-state index contributed by atoms with van der Waals surface area (Å²) in [4.78, 5) is 33.2. The first-order chi connectivity index (χ1) is 9.79. The van der Waals surface area contributed by atoms with Gasteiger partial charge in [0.15, 0.2) is 6.61 Å². The SMILES string of the molecule is NC(=O)C[C@H](NC(=O)COc1ccc(Br)cc1Br)C(=O)O. The number of halogens is 2. The maximum atomic E-state index is 11.6. The molecule has 0 saturated carbocycles. The maximum absolute atomic E-state index is 11.6. The van der Waals surface area contributed by atoms with Crippen molar-refractivity contribution in [2.24, 2.45) is 5.73 Å². The summed E-state index contributed by atoms with van der Waals surface area (Å²) in [5.74, 6) is -2.40. The first kappa shape index (κ1) is 17.4. The normalized spacial score (nSPS) is 11.5. The zero-order chi connectivity index (χ0) is 16.0. The Hall–Kier alpha value is -1.61. The van der Waals surface area contributed by atoms with Gasteiger partial charge >= 0.3 is 5.97 Å². The third kappa shape index (κ3) is 6.13. The lowest BCUT2D eigenvalue weighted by atomic mass is 10.2. The highest BCUT2D eigenvalue weighted by molar-refractivity contribution is 9.11. The Balaban J connectivity index is 2.56. The van der Waals surface area contributed by atoms with Gasteiger partial charge in [0.1, 0.15) is 11.8 Å². The quantitative estimate of drug-likeness (QED) is 0.605. The van der Waals surface area contributed by atoms with Gasteiger partial charge < -0.3 is 20.9 Å². The second-order valence-corrected chi connectivity index (χ2v) is 5.76. The van der Waals surface area contributed by atoms with Gasteiger partial charge in [-0.1, -0.05) is 15.9 Å². The van der Waals surface area contributed by atoms with Crippen LogP contribution in [-0.4, -0.2) is 35.5 Å². The zero-order valence-electron chi connectivity index (χ0n) is 10.6. The first-order valence-electron chi connectivity index (χ1n) is 5.68. The number of ether oxygens (including phenoxy) is 1. The van der Waals surface area contributed by atoms with E-state index in [9.17, 15) is 14.4 Å². The number of benzene rings is 1. The number of nitrogens with one attached hydrogen (secondary N) is 1. The maximum Gasteiger partial charge on any atom is 0.326 e. The molecule has 0 heterocycles. The number of primary amides is 1. The summed E-state index contributed by atoms with van der Waals surface area (Å²) in [6.45, 7) is -0.386. The van der Waals surface area contributed by atoms with E-state index in [1.54, 1.807) is 18.2 Å². The molecule has 1 atom stereocenters. The smallest absolute Gasteiger partial charge is 0.326 e. The molecule has 0 unspecified atom stereocenters. The third-order valence-corrected chi connectivity index (χ3v) is 3.40. The summed E-state index contributed by atoms with van der Waals surface area (Å²) in [5.41, 5.74) is 4.91. The summed E-state index contributed by atoms with van der Waals surface area (Å²) < 4.78 is 6.72. The van der Waals surface area contributed by atoms with Crippen molar-refractivity contribution in [2.75, 3.05) is 6.61 Å². The number of carbonyl (C=O) groups excluding carboxylic acids is 2. The van der Waals surface area contributed by atoms with Crippen LogP contribution in [0.2, 0.25) is 0 Å². The summed E-state index contributed by atoms with van der Waals surface area (Å²) in [6.07, 6.45) is -0.483. The summed E-state index contributed by atoms with van der Waals surface area (Å²) in [6, 6.07) is 3.73. The fraction of sp³-hybridized carbons (Fsp3) is 0.250. The number of hydrogen-bond acceptors (Lipinski definition) is 4. The van der Waals surface area contributed by atoms with Gasteiger partial charge in [0.25, 0.3) is 5.91 Å². The van der Waals surface area contributed by atoms with Crippen LogP contribution in [-0.2, 0) is 14.4 Å². The number of rotatable bonds is 7. The molecule has 9 heteroatoms. The lowest BCUT2D eigenvalue weighted by Gasteiger charge is -2.13. The molecule has 1 aromatic carbocycles. The molecule has 1 rings (SSSR count). The summed E-state index contributed by atoms with van der Waals surface area (Å²) in [5, 5.41) is 11.0. The van der Waals surface area contributed by atoms with Crippen molar-refractivity contribution in [1.82, 2.24) is 5.32 Å². The molecule has 114 valence electrons. The van der Waals surface area contributed by atoms with Crippen LogP contribution in [0.3, 0.4) is 0 Å². The van der Waals surface area contributed by atoms with Crippen molar-refractivity contribution in [3.05, 3.63) is 27.1 Å². The molecule has 0 aliphatic heterocycles. The number of nitrogens with two attached hydrogens (primary N) is 1. The van der Waals surface area contributed by atoms with Gasteiger partial charge in [-0.3, -0.25) is 9.59 Å². The summed E-state index contributed by atoms with van der Waals surface area (Å²) in [7, 11) is 0. The van der Waals surface area contributed by atoms with Crippen molar-refractivity contribution in [3.63, 3.8) is 0 Å². The van der Waals surface area contributed by atoms with Crippen LogP contribution in [0.4, 0.5) is 0 Å². The average molecular weight is 424 g/mol. The van der Waals surface area contributed by atoms with Crippen LogP contribution >= 0.6 is 31.9 Å². The Morgan fingerprint density at radius 3 is 2.52 bits per heavy atom. The standard InChI is InChI=1S/C12H12Br2N2O5/c13-6-1-2-9(7(14)3-6)21-5-11(18)16-8(12(19)20)4-10(15)17/h1-3,8H,4-5H2,(H2,15,17)(H,16,18)(H,19,20)/t8-/m0/s1. The molecular weight excluding hydrogens is 412 g/mol. The van der Waals surface area contributed by atoms with E-state index in [1.165, 1.54) is 0 Å². The van der Waals surface area contributed by atoms with Crippen LogP contribution in [0.5, 0.6) is 5.75 Å². The van der Waals surface area contributed by atoms with Crippen molar-refractivity contribution in [1.29, 1.82) is 0 Å². The minimum Gasteiger partial charge on any atom is -0.483 e. The van der Waals surface area contributed by atoms with Crippen molar-refractivity contribution < 1.29 is 24.2 Å². The molecule has 2 amide bonds. The molecule has 1 aromatic rings. The Labute approximate surface area is 137 Å². The molecule has 0 spiro atoms. The van der Waals surface area contributed by atoms with Gasteiger partial charge in [-0.15, -0.1) is 0 Å². The Bertz CT molecular complexity index is 565. The lowest BCUT2D eigenvalue weighted by Crippen LogP contribution is -2.45. The van der Waals surface area contributed by atoms with Crippen LogP contribution in [0.25, 0.3) is 0 Å². The molecular formula is C12H12Br2N2O5. The van der Waals surface area contributed by atoms with Crippen molar-refractivity contribution in [2.45, 2.75) is 12.5 Å². The molecule has 0 fully saturated rings. The van der Waals surface area contributed by atoms with Crippen LogP contribution in [0.15, 0.2) is 27.1 Å². The third-order valence-electron chi connectivity index (χ3n) is 2.29. The number of amides is 2. The molecule has 21 heavy (non-hydrogen) atoms. The second kappa shape index (κ2) is 7.99. The largest absolute Gasteiger partial charge is 0.483 e. The Morgan fingerprint density at radius 2 is 2.00 bits per heavy atom. The second-order valence-electron chi connectivity index (χ2n) is 3.99. The van der Waals surface area contributed by atoms with E-state index in [4.69, 9.17) is 15.6 Å².